The summed E-state index contributed by atoms with van der Waals surface area (Å²) in [4.78, 5) is 37.4. The molecule has 1 aromatic heterocycles. The number of aromatic amines is 1. The zero-order chi connectivity index (χ0) is 13.2. The molecular formula is C11H14N2O4. The van der Waals surface area contributed by atoms with Gasteiger partial charge in [0.1, 0.15) is 12.1 Å². The van der Waals surface area contributed by atoms with Crippen LogP contribution in [0.25, 0.3) is 0 Å². The maximum Gasteiger partial charge on any atom is 0.323 e. The van der Waals surface area contributed by atoms with Gasteiger partial charge in [0.15, 0.2) is 0 Å². The number of aryl methyl sites for hydroxylation is 2. The number of aromatic nitrogens is 1. The molecule has 1 aromatic rings. The summed E-state index contributed by atoms with van der Waals surface area (Å²) < 4.78 is 0. The lowest BCUT2D eigenvalue weighted by atomic mass is 10.1. The van der Waals surface area contributed by atoms with Crippen molar-refractivity contribution >= 4 is 11.9 Å². The van der Waals surface area contributed by atoms with E-state index in [0.29, 0.717) is 5.69 Å². The maximum atomic E-state index is 11.8. The molecule has 0 fully saturated rings. The van der Waals surface area contributed by atoms with E-state index in [1.165, 1.54) is 13.1 Å². The molecule has 0 saturated heterocycles. The second-order valence-corrected chi connectivity index (χ2v) is 3.88. The highest BCUT2D eigenvalue weighted by Crippen LogP contribution is 2.04. The van der Waals surface area contributed by atoms with E-state index in [-0.39, 0.29) is 5.56 Å². The van der Waals surface area contributed by atoms with E-state index in [1.807, 2.05) is 0 Å². The molecule has 0 aliphatic heterocycles. The molecule has 0 bridgehead atoms. The lowest BCUT2D eigenvalue weighted by Gasteiger charge is -2.14. The molecule has 6 nitrogen and oxygen atoms in total. The van der Waals surface area contributed by atoms with Crippen molar-refractivity contribution in [3.05, 3.63) is 33.2 Å². The van der Waals surface area contributed by atoms with Gasteiger partial charge in [-0.25, -0.2) is 0 Å². The second-order valence-electron chi connectivity index (χ2n) is 3.88. The molecule has 0 spiro atoms. The first-order valence-electron chi connectivity index (χ1n) is 5.00. The van der Waals surface area contributed by atoms with Crippen LogP contribution < -0.4 is 5.56 Å². The third-order valence-corrected chi connectivity index (χ3v) is 2.45. The Labute approximate surface area is 97.9 Å². The summed E-state index contributed by atoms with van der Waals surface area (Å²) in [6.45, 7) is 3.05. The summed E-state index contributed by atoms with van der Waals surface area (Å²) >= 11 is 0. The van der Waals surface area contributed by atoms with Crippen LogP contribution in [0.15, 0.2) is 10.9 Å². The molecule has 0 aromatic carbocycles. The first-order chi connectivity index (χ1) is 7.82. The lowest BCUT2D eigenvalue weighted by Crippen LogP contribution is -2.35. The lowest BCUT2D eigenvalue weighted by molar-refractivity contribution is -0.137. The normalized spacial score (nSPS) is 10.1. The van der Waals surface area contributed by atoms with Crippen LogP contribution in [0.1, 0.15) is 21.6 Å². The second kappa shape index (κ2) is 4.82. The number of nitrogens with one attached hydrogen (secondary N) is 1. The molecule has 92 valence electrons. The van der Waals surface area contributed by atoms with Crippen molar-refractivity contribution < 1.29 is 14.7 Å². The number of amides is 1. The largest absolute Gasteiger partial charge is 0.480 e. The highest BCUT2D eigenvalue weighted by atomic mass is 16.4. The average molecular weight is 238 g/mol. The van der Waals surface area contributed by atoms with Crippen molar-refractivity contribution in [1.29, 1.82) is 0 Å². The van der Waals surface area contributed by atoms with Gasteiger partial charge in [-0.15, -0.1) is 0 Å². The van der Waals surface area contributed by atoms with E-state index < -0.39 is 24.0 Å². The number of carboxylic acid groups (broad SMARTS) is 1. The monoisotopic (exact) mass is 238 g/mol. The predicted molar refractivity (Wildman–Crippen MR) is 61.1 cm³/mol. The molecule has 1 heterocycles. The van der Waals surface area contributed by atoms with E-state index in [2.05, 4.69) is 4.98 Å². The Hall–Kier alpha value is -2.11. The number of carboxylic acids is 1. The zero-order valence-electron chi connectivity index (χ0n) is 9.90. The van der Waals surface area contributed by atoms with Gasteiger partial charge in [0.25, 0.3) is 11.5 Å². The summed E-state index contributed by atoms with van der Waals surface area (Å²) in [7, 11) is 1.34. The van der Waals surface area contributed by atoms with Gasteiger partial charge in [-0.2, -0.15) is 0 Å². The Kier molecular flexibility index (Phi) is 3.67. The fourth-order valence-corrected chi connectivity index (χ4v) is 1.37. The number of rotatable bonds is 3. The van der Waals surface area contributed by atoms with Crippen molar-refractivity contribution in [2.24, 2.45) is 0 Å². The van der Waals surface area contributed by atoms with Crippen LogP contribution in [0.5, 0.6) is 0 Å². The van der Waals surface area contributed by atoms with Crippen LogP contribution in [0.4, 0.5) is 0 Å². The SMILES string of the molecule is Cc1cc(C(=O)N(C)CC(=O)O)c(=O)[nH]c1C. The van der Waals surface area contributed by atoms with Gasteiger partial charge in [-0.3, -0.25) is 14.4 Å². The number of pyridine rings is 1. The Morgan fingerprint density at radius 3 is 2.53 bits per heavy atom. The van der Waals surface area contributed by atoms with Crippen molar-refractivity contribution in [1.82, 2.24) is 9.88 Å². The van der Waals surface area contributed by atoms with Gasteiger partial charge >= 0.3 is 5.97 Å². The standard InChI is InChI=1S/C11H14N2O4/c1-6-4-8(10(16)12-7(6)2)11(17)13(3)5-9(14)15/h4H,5H2,1-3H3,(H,12,16)(H,14,15). The molecule has 0 atom stereocenters. The van der Waals surface area contributed by atoms with Crippen molar-refractivity contribution in [3.63, 3.8) is 0 Å². The molecular weight excluding hydrogens is 224 g/mol. The highest BCUT2D eigenvalue weighted by molar-refractivity contribution is 5.95. The molecule has 6 heteroatoms. The van der Waals surface area contributed by atoms with Crippen LogP contribution >= 0.6 is 0 Å². The Bertz CT molecular complexity index is 519. The molecule has 0 saturated carbocycles. The number of carbonyl (C=O) groups is 2. The van der Waals surface area contributed by atoms with Gasteiger partial charge in [0.2, 0.25) is 0 Å². The van der Waals surface area contributed by atoms with Crippen molar-refractivity contribution in [2.45, 2.75) is 13.8 Å². The zero-order valence-corrected chi connectivity index (χ0v) is 9.90. The summed E-state index contributed by atoms with van der Waals surface area (Å²) in [5.74, 6) is -1.72. The van der Waals surface area contributed by atoms with Crippen LogP contribution in [0, 0.1) is 13.8 Å². The fraction of sp³-hybridized carbons (Fsp3) is 0.364. The molecule has 0 radical (unpaired) electrons. The minimum atomic E-state index is -1.12. The molecule has 1 amide bonds. The van der Waals surface area contributed by atoms with E-state index in [0.717, 1.165) is 10.5 Å². The number of hydrogen-bond acceptors (Lipinski definition) is 3. The minimum Gasteiger partial charge on any atom is -0.480 e. The van der Waals surface area contributed by atoms with Crippen molar-refractivity contribution in [3.8, 4) is 0 Å². The predicted octanol–water partition coefficient (Wildman–Crippen LogP) is 0.148. The molecule has 0 unspecified atom stereocenters. The summed E-state index contributed by atoms with van der Waals surface area (Å²) in [6.07, 6.45) is 0. The quantitative estimate of drug-likeness (QED) is 0.784. The molecule has 17 heavy (non-hydrogen) atoms. The maximum absolute atomic E-state index is 11.8. The first-order valence-corrected chi connectivity index (χ1v) is 5.00. The van der Waals surface area contributed by atoms with E-state index >= 15 is 0 Å². The topological polar surface area (TPSA) is 90.5 Å². The average Bonchev–Trinajstić information content (AvgIpc) is 2.21. The Morgan fingerprint density at radius 1 is 1.41 bits per heavy atom. The number of likely N-dealkylation sites (N-methyl/N-ethyl adjacent to an activating group) is 1. The molecule has 1 rings (SSSR count). The van der Waals surface area contributed by atoms with Gasteiger partial charge in [0.05, 0.1) is 0 Å². The summed E-state index contributed by atoms with van der Waals surface area (Å²) in [6, 6.07) is 1.47. The third kappa shape index (κ3) is 2.93. The van der Waals surface area contributed by atoms with E-state index in [1.54, 1.807) is 13.8 Å². The van der Waals surface area contributed by atoms with E-state index in [9.17, 15) is 14.4 Å². The van der Waals surface area contributed by atoms with Gasteiger partial charge in [-0.1, -0.05) is 0 Å². The van der Waals surface area contributed by atoms with E-state index in [4.69, 9.17) is 5.11 Å². The van der Waals surface area contributed by atoms with Crippen LogP contribution in [-0.4, -0.2) is 40.5 Å². The number of hydrogen-bond donors (Lipinski definition) is 2. The van der Waals surface area contributed by atoms with Crippen molar-refractivity contribution in [2.75, 3.05) is 13.6 Å². The van der Waals surface area contributed by atoms with Gasteiger partial charge in [-0.05, 0) is 25.5 Å². The highest BCUT2D eigenvalue weighted by Gasteiger charge is 2.18. The first kappa shape index (κ1) is 13.0. The van der Waals surface area contributed by atoms with Crippen LogP contribution in [0.3, 0.4) is 0 Å². The number of nitrogens with zero attached hydrogens (tertiary/aromatic N) is 1. The number of H-pyrrole nitrogens is 1. The minimum absolute atomic E-state index is 0.0446. The smallest absolute Gasteiger partial charge is 0.323 e. The Morgan fingerprint density at radius 2 is 2.00 bits per heavy atom. The summed E-state index contributed by atoms with van der Waals surface area (Å²) in [5, 5.41) is 8.57. The summed E-state index contributed by atoms with van der Waals surface area (Å²) in [5.41, 5.74) is 0.913. The Balaban J connectivity index is 3.09. The van der Waals surface area contributed by atoms with Gasteiger partial charge in [0, 0.05) is 12.7 Å². The van der Waals surface area contributed by atoms with Crippen LogP contribution in [-0.2, 0) is 4.79 Å². The number of aliphatic carboxylic acids is 1. The third-order valence-electron chi connectivity index (χ3n) is 2.45. The molecule has 0 aliphatic carbocycles. The molecule has 0 aliphatic rings. The molecule has 2 N–H and O–H groups in total. The number of carbonyl (C=O) groups excluding carboxylic acids is 1. The van der Waals surface area contributed by atoms with Crippen LogP contribution in [0.2, 0.25) is 0 Å². The fourth-order valence-electron chi connectivity index (χ4n) is 1.37. The van der Waals surface area contributed by atoms with Gasteiger partial charge < -0.3 is 15.0 Å².